The zero-order valence-corrected chi connectivity index (χ0v) is 18.0. The lowest BCUT2D eigenvalue weighted by atomic mass is 10.1. The number of Topliss-reactive ketones (excluding diaryl/α,β-unsaturated/α-hetero) is 1. The molecule has 152 valence electrons. The number of hydrogen-bond acceptors (Lipinski definition) is 3. The van der Waals surface area contributed by atoms with E-state index in [9.17, 15) is 4.79 Å². The third-order valence-electron chi connectivity index (χ3n) is 4.90. The Bertz CT molecular complexity index is 1120. The van der Waals surface area contributed by atoms with Crippen LogP contribution in [-0.2, 0) is 13.0 Å². The highest BCUT2D eigenvalue weighted by atomic mass is 35.5. The van der Waals surface area contributed by atoms with Gasteiger partial charge in [-0.25, -0.2) is 0 Å². The first-order valence-corrected chi connectivity index (χ1v) is 10.5. The molecular weight excluding hydrogens is 419 g/mol. The molecule has 0 saturated carbocycles. The summed E-state index contributed by atoms with van der Waals surface area (Å²) in [4.78, 5) is 12.7. The van der Waals surface area contributed by atoms with Crippen molar-refractivity contribution in [2.24, 2.45) is 0 Å². The van der Waals surface area contributed by atoms with Gasteiger partial charge in [-0.05, 0) is 54.0 Å². The standard InChI is InChI=1S/C25H20Cl2O3/c1-2-29-23-13-17(11-19-14-18-5-3-4-6-21(18)24(19)28)12-22(27)25(23)30-15-16-7-9-20(26)10-8-16/h3-13H,2,14-15H2,1H3/b19-11+. The fourth-order valence-electron chi connectivity index (χ4n) is 3.48. The number of allylic oxidation sites excluding steroid dienone is 1. The van der Waals surface area contributed by atoms with Crippen LogP contribution in [-0.4, -0.2) is 12.4 Å². The van der Waals surface area contributed by atoms with Gasteiger partial charge in [0.15, 0.2) is 17.3 Å². The summed E-state index contributed by atoms with van der Waals surface area (Å²) in [7, 11) is 0. The SMILES string of the molecule is CCOc1cc(/C=C2\Cc3ccccc3C2=O)cc(Cl)c1OCc1ccc(Cl)cc1. The first-order chi connectivity index (χ1) is 14.5. The van der Waals surface area contributed by atoms with Crippen LogP contribution in [0, 0.1) is 0 Å². The van der Waals surface area contributed by atoms with Crippen molar-refractivity contribution in [3.63, 3.8) is 0 Å². The van der Waals surface area contributed by atoms with Gasteiger partial charge >= 0.3 is 0 Å². The van der Waals surface area contributed by atoms with E-state index in [1.807, 2.05) is 67.6 Å². The van der Waals surface area contributed by atoms with Gasteiger partial charge < -0.3 is 9.47 Å². The molecule has 1 aliphatic carbocycles. The zero-order valence-electron chi connectivity index (χ0n) is 16.5. The van der Waals surface area contributed by atoms with Gasteiger partial charge in [0, 0.05) is 22.6 Å². The van der Waals surface area contributed by atoms with E-state index >= 15 is 0 Å². The van der Waals surface area contributed by atoms with Gasteiger partial charge in [0.1, 0.15) is 6.61 Å². The summed E-state index contributed by atoms with van der Waals surface area (Å²) in [5.74, 6) is 1.09. The van der Waals surface area contributed by atoms with Gasteiger partial charge in [0.2, 0.25) is 0 Å². The highest BCUT2D eigenvalue weighted by Gasteiger charge is 2.24. The molecular formula is C25H20Cl2O3. The number of ether oxygens (including phenoxy) is 2. The van der Waals surface area contributed by atoms with Crippen molar-refractivity contribution in [3.8, 4) is 11.5 Å². The Hall–Kier alpha value is -2.75. The second-order valence-electron chi connectivity index (χ2n) is 7.01. The molecule has 0 fully saturated rings. The minimum absolute atomic E-state index is 0.0581. The maximum absolute atomic E-state index is 12.7. The van der Waals surface area contributed by atoms with Crippen molar-refractivity contribution in [3.05, 3.63) is 98.5 Å². The van der Waals surface area contributed by atoms with Gasteiger partial charge in [-0.2, -0.15) is 0 Å². The van der Waals surface area contributed by atoms with Gasteiger partial charge in [0.05, 0.1) is 11.6 Å². The molecule has 0 saturated heterocycles. The Kier molecular flexibility index (Phi) is 6.12. The molecule has 0 bridgehead atoms. The van der Waals surface area contributed by atoms with Gasteiger partial charge in [0.25, 0.3) is 0 Å². The van der Waals surface area contributed by atoms with Crippen molar-refractivity contribution in [2.45, 2.75) is 20.0 Å². The van der Waals surface area contributed by atoms with Crippen LogP contribution in [0.4, 0.5) is 0 Å². The molecule has 1 aliphatic rings. The number of fused-ring (bicyclic) bond motifs is 1. The fraction of sp³-hybridized carbons (Fsp3) is 0.160. The molecule has 0 aromatic heterocycles. The minimum atomic E-state index is 0.0581. The highest BCUT2D eigenvalue weighted by Crippen LogP contribution is 2.38. The summed E-state index contributed by atoms with van der Waals surface area (Å²) in [5.41, 5.74) is 4.33. The zero-order chi connectivity index (χ0) is 21.1. The fourth-order valence-corrected chi connectivity index (χ4v) is 3.88. The van der Waals surface area contributed by atoms with Crippen molar-refractivity contribution >= 4 is 35.1 Å². The first kappa shape index (κ1) is 20.5. The van der Waals surface area contributed by atoms with E-state index in [1.165, 1.54) is 0 Å². The summed E-state index contributed by atoms with van der Waals surface area (Å²) in [6.45, 7) is 2.71. The third-order valence-corrected chi connectivity index (χ3v) is 5.44. The average molecular weight is 439 g/mol. The molecule has 0 radical (unpaired) electrons. The van der Waals surface area contributed by atoms with Gasteiger partial charge in [-0.15, -0.1) is 0 Å². The van der Waals surface area contributed by atoms with E-state index in [0.29, 0.717) is 41.2 Å². The summed E-state index contributed by atoms with van der Waals surface area (Å²) >= 11 is 12.5. The number of halogens is 2. The Labute approximate surface area is 185 Å². The van der Waals surface area contributed by atoms with Crippen LogP contribution in [0.3, 0.4) is 0 Å². The number of hydrogen-bond donors (Lipinski definition) is 0. The molecule has 5 heteroatoms. The second-order valence-corrected chi connectivity index (χ2v) is 7.85. The van der Waals surface area contributed by atoms with Crippen LogP contribution < -0.4 is 9.47 Å². The molecule has 3 aromatic rings. The molecule has 0 spiro atoms. The monoisotopic (exact) mass is 438 g/mol. The Morgan fingerprint density at radius 3 is 2.50 bits per heavy atom. The van der Waals surface area contributed by atoms with Crippen molar-refractivity contribution in [2.75, 3.05) is 6.61 Å². The van der Waals surface area contributed by atoms with E-state index < -0.39 is 0 Å². The van der Waals surface area contributed by atoms with Crippen LogP contribution in [0.2, 0.25) is 10.0 Å². The van der Waals surface area contributed by atoms with Crippen LogP contribution >= 0.6 is 23.2 Å². The van der Waals surface area contributed by atoms with E-state index in [-0.39, 0.29) is 5.78 Å². The molecule has 0 amide bonds. The summed E-state index contributed by atoms with van der Waals surface area (Å²) in [5, 5.41) is 1.11. The van der Waals surface area contributed by atoms with Crippen LogP contribution in [0.1, 0.15) is 34.0 Å². The van der Waals surface area contributed by atoms with Crippen molar-refractivity contribution in [1.29, 1.82) is 0 Å². The largest absolute Gasteiger partial charge is 0.490 e. The van der Waals surface area contributed by atoms with E-state index in [1.54, 1.807) is 6.07 Å². The summed E-state index contributed by atoms with van der Waals surface area (Å²) in [6, 6.07) is 18.8. The molecule has 0 aliphatic heterocycles. The Morgan fingerprint density at radius 2 is 1.77 bits per heavy atom. The Morgan fingerprint density at radius 1 is 1.00 bits per heavy atom. The number of benzene rings is 3. The van der Waals surface area contributed by atoms with Gasteiger partial charge in [-0.1, -0.05) is 59.6 Å². The van der Waals surface area contributed by atoms with E-state index in [0.717, 1.165) is 27.8 Å². The molecule has 30 heavy (non-hydrogen) atoms. The quantitative estimate of drug-likeness (QED) is 0.397. The first-order valence-electron chi connectivity index (χ1n) is 9.72. The van der Waals surface area contributed by atoms with Crippen molar-refractivity contribution in [1.82, 2.24) is 0 Å². The molecule has 0 N–H and O–H groups in total. The number of carbonyl (C=O) groups is 1. The molecule has 0 heterocycles. The summed E-state index contributed by atoms with van der Waals surface area (Å²) < 4.78 is 11.7. The maximum atomic E-state index is 12.7. The van der Waals surface area contributed by atoms with Crippen LogP contribution in [0.25, 0.3) is 6.08 Å². The lowest BCUT2D eigenvalue weighted by Crippen LogP contribution is -2.01. The topological polar surface area (TPSA) is 35.5 Å². The molecule has 0 atom stereocenters. The molecule has 3 nitrogen and oxygen atoms in total. The number of rotatable bonds is 6. The normalized spacial score (nSPS) is 14.1. The lowest BCUT2D eigenvalue weighted by molar-refractivity contribution is 0.104. The van der Waals surface area contributed by atoms with Crippen LogP contribution in [0.5, 0.6) is 11.5 Å². The smallest absolute Gasteiger partial charge is 0.189 e. The Balaban J connectivity index is 1.60. The predicted octanol–water partition coefficient (Wildman–Crippen LogP) is 6.79. The average Bonchev–Trinajstić information content (AvgIpc) is 3.04. The highest BCUT2D eigenvalue weighted by molar-refractivity contribution is 6.32. The lowest BCUT2D eigenvalue weighted by Gasteiger charge is -2.15. The molecule has 3 aromatic carbocycles. The van der Waals surface area contributed by atoms with E-state index in [4.69, 9.17) is 32.7 Å². The van der Waals surface area contributed by atoms with Crippen molar-refractivity contribution < 1.29 is 14.3 Å². The molecule has 4 rings (SSSR count). The predicted molar refractivity (Wildman–Crippen MR) is 121 cm³/mol. The maximum Gasteiger partial charge on any atom is 0.189 e. The summed E-state index contributed by atoms with van der Waals surface area (Å²) in [6.07, 6.45) is 2.49. The third kappa shape index (κ3) is 4.38. The number of ketones is 1. The van der Waals surface area contributed by atoms with Gasteiger partial charge in [-0.3, -0.25) is 4.79 Å². The minimum Gasteiger partial charge on any atom is -0.490 e. The van der Waals surface area contributed by atoms with E-state index in [2.05, 4.69) is 0 Å². The second kappa shape index (κ2) is 8.95. The number of carbonyl (C=O) groups excluding carboxylic acids is 1. The van der Waals surface area contributed by atoms with Crippen LogP contribution in [0.15, 0.2) is 66.2 Å². The molecule has 0 unspecified atom stereocenters.